The normalized spacial score (nSPS) is 10.9. The number of fused-ring (bicyclic) bond motifs is 1. The number of ether oxygens (including phenoxy) is 1. The minimum Gasteiger partial charge on any atom is -0.482 e. The van der Waals surface area contributed by atoms with Crippen molar-refractivity contribution in [1.29, 1.82) is 0 Å². The summed E-state index contributed by atoms with van der Waals surface area (Å²) < 4.78 is 5.86. The molecule has 0 amide bonds. The number of benzene rings is 1. The van der Waals surface area contributed by atoms with Gasteiger partial charge in [-0.05, 0) is 25.1 Å². The van der Waals surface area contributed by atoms with Crippen LogP contribution in [0.5, 0.6) is 5.75 Å². The second-order valence-electron chi connectivity index (χ2n) is 5.61. The number of halogens is 2. The lowest BCUT2D eigenvalue weighted by Gasteiger charge is -2.14. The van der Waals surface area contributed by atoms with Crippen molar-refractivity contribution in [3.63, 3.8) is 0 Å². The molecule has 130 valence electrons. The van der Waals surface area contributed by atoms with Gasteiger partial charge in [0.15, 0.2) is 11.6 Å². The van der Waals surface area contributed by atoms with Gasteiger partial charge in [-0.15, -0.1) is 0 Å². The summed E-state index contributed by atoms with van der Waals surface area (Å²) in [5, 5.41) is 1.64. The Morgan fingerprint density at radius 2 is 1.84 bits per heavy atom. The average molecular weight is 379 g/mol. The maximum absolute atomic E-state index is 6.30. The van der Waals surface area contributed by atoms with Crippen molar-refractivity contribution in [3.05, 3.63) is 39.8 Å². The van der Waals surface area contributed by atoms with Crippen LogP contribution in [0.4, 0.5) is 11.9 Å². The zero-order valence-corrected chi connectivity index (χ0v) is 15.4. The molecule has 0 radical (unpaired) electrons. The van der Waals surface area contributed by atoms with Gasteiger partial charge in [0.1, 0.15) is 12.1 Å². The van der Waals surface area contributed by atoms with Gasteiger partial charge in [0.2, 0.25) is 11.9 Å². The summed E-state index contributed by atoms with van der Waals surface area (Å²) in [5.74, 6) is 1.39. The van der Waals surface area contributed by atoms with Crippen LogP contribution in [-0.2, 0) is 6.61 Å². The topological polar surface area (TPSA) is 90.0 Å². The molecule has 0 saturated heterocycles. The van der Waals surface area contributed by atoms with Gasteiger partial charge >= 0.3 is 0 Å². The zero-order valence-electron chi connectivity index (χ0n) is 13.9. The minimum absolute atomic E-state index is 0.0691. The van der Waals surface area contributed by atoms with Gasteiger partial charge in [0.25, 0.3) is 0 Å². The lowest BCUT2D eigenvalue weighted by molar-refractivity contribution is 0.299. The third-order valence-electron chi connectivity index (χ3n) is 3.41. The standard InChI is InChI=1S/C16H16Cl2N6O/c1-8-4-5-9-10(17)6-11(18)14(13(9)20-8)25-7-12-21-15(19)23-16(22-12)24(2)3/h4-6H,7H2,1-3H3,(H2,19,21,22,23). The first-order valence-corrected chi connectivity index (χ1v) is 8.16. The molecular formula is C16H16Cl2N6O. The van der Waals surface area contributed by atoms with Crippen molar-refractivity contribution in [3.8, 4) is 5.75 Å². The number of nitrogen functional groups attached to an aromatic ring is 1. The summed E-state index contributed by atoms with van der Waals surface area (Å²) in [5.41, 5.74) is 7.14. The van der Waals surface area contributed by atoms with Gasteiger partial charge in [-0.25, -0.2) is 4.98 Å². The molecule has 25 heavy (non-hydrogen) atoms. The molecule has 2 N–H and O–H groups in total. The third-order valence-corrected chi connectivity index (χ3v) is 4.00. The molecular weight excluding hydrogens is 363 g/mol. The van der Waals surface area contributed by atoms with Gasteiger partial charge in [-0.1, -0.05) is 23.2 Å². The Kier molecular flexibility index (Phi) is 4.78. The lowest BCUT2D eigenvalue weighted by Crippen LogP contribution is -2.17. The van der Waals surface area contributed by atoms with E-state index in [0.717, 1.165) is 11.1 Å². The predicted molar refractivity (Wildman–Crippen MR) is 99.4 cm³/mol. The Bertz CT molecular complexity index is 948. The quantitative estimate of drug-likeness (QED) is 0.744. The summed E-state index contributed by atoms with van der Waals surface area (Å²) in [4.78, 5) is 18.7. The molecule has 0 unspecified atom stereocenters. The van der Waals surface area contributed by atoms with E-state index in [1.807, 2.05) is 33.2 Å². The van der Waals surface area contributed by atoms with E-state index >= 15 is 0 Å². The lowest BCUT2D eigenvalue weighted by atomic mass is 10.2. The van der Waals surface area contributed by atoms with E-state index < -0.39 is 0 Å². The second kappa shape index (κ2) is 6.85. The van der Waals surface area contributed by atoms with Crippen LogP contribution < -0.4 is 15.4 Å². The highest BCUT2D eigenvalue weighted by Crippen LogP contribution is 2.37. The molecule has 0 aliphatic carbocycles. The first-order valence-electron chi connectivity index (χ1n) is 7.41. The van der Waals surface area contributed by atoms with Gasteiger partial charge < -0.3 is 15.4 Å². The molecule has 3 aromatic rings. The number of pyridine rings is 1. The van der Waals surface area contributed by atoms with Crippen molar-refractivity contribution in [2.75, 3.05) is 24.7 Å². The number of nitrogens with zero attached hydrogens (tertiary/aromatic N) is 5. The van der Waals surface area contributed by atoms with Gasteiger partial charge in [0.05, 0.1) is 10.0 Å². The van der Waals surface area contributed by atoms with Crippen LogP contribution >= 0.6 is 23.2 Å². The van der Waals surface area contributed by atoms with E-state index in [0.29, 0.717) is 33.1 Å². The first-order chi connectivity index (χ1) is 11.8. The van der Waals surface area contributed by atoms with Gasteiger partial charge in [-0.2, -0.15) is 15.0 Å². The molecule has 3 rings (SSSR count). The van der Waals surface area contributed by atoms with Crippen LogP contribution in [0.15, 0.2) is 18.2 Å². The second-order valence-corrected chi connectivity index (χ2v) is 6.43. The predicted octanol–water partition coefficient (Wildman–Crippen LogP) is 3.26. The molecule has 0 spiro atoms. The highest BCUT2D eigenvalue weighted by atomic mass is 35.5. The van der Waals surface area contributed by atoms with E-state index in [1.54, 1.807) is 11.0 Å². The molecule has 0 bridgehead atoms. The molecule has 0 saturated carbocycles. The summed E-state index contributed by atoms with van der Waals surface area (Å²) >= 11 is 12.5. The number of hydrogen-bond donors (Lipinski definition) is 1. The fourth-order valence-electron chi connectivity index (χ4n) is 2.25. The number of nitrogens with two attached hydrogens (primary N) is 1. The summed E-state index contributed by atoms with van der Waals surface area (Å²) in [6.45, 7) is 1.95. The largest absolute Gasteiger partial charge is 0.482 e. The van der Waals surface area contributed by atoms with Crippen molar-refractivity contribution in [2.24, 2.45) is 0 Å². The Morgan fingerprint density at radius 3 is 2.56 bits per heavy atom. The first kappa shape index (κ1) is 17.4. The average Bonchev–Trinajstić information content (AvgIpc) is 2.53. The molecule has 2 aromatic heterocycles. The number of anilines is 2. The maximum Gasteiger partial charge on any atom is 0.230 e. The summed E-state index contributed by atoms with van der Waals surface area (Å²) in [6, 6.07) is 5.39. The van der Waals surface area contributed by atoms with Crippen molar-refractivity contribution in [1.82, 2.24) is 19.9 Å². The summed E-state index contributed by atoms with van der Waals surface area (Å²) in [7, 11) is 3.63. The highest BCUT2D eigenvalue weighted by molar-refractivity contribution is 6.39. The van der Waals surface area contributed by atoms with Crippen LogP contribution in [0.25, 0.3) is 10.9 Å². The van der Waals surface area contributed by atoms with Gasteiger partial charge in [0, 0.05) is 25.2 Å². The molecule has 0 fully saturated rings. The van der Waals surface area contributed by atoms with E-state index in [9.17, 15) is 0 Å². The number of aromatic nitrogens is 4. The van der Waals surface area contributed by atoms with Crippen molar-refractivity contribution < 1.29 is 4.74 Å². The highest BCUT2D eigenvalue weighted by Gasteiger charge is 2.15. The Labute approximate surface area is 154 Å². The Hall–Kier alpha value is -2.38. The van der Waals surface area contributed by atoms with E-state index in [-0.39, 0.29) is 12.6 Å². The van der Waals surface area contributed by atoms with Crippen LogP contribution in [0, 0.1) is 6.92 Å². The monoisotopic (exact) mass is 378 g/mol. The van der Waals surface area contributed by atoms with Crippen LogP contribution in [0.1, 0.15) is 11.5 Å². The molecule has 7 nitrogen and oxygen atoms in total. The fraction of sp³-hybridized carbons (Fsp3) is 0.250. The SMILES string of the molecule is Cc1ccc2c(Cl)cc(Cl)c(OCc3nc(N)nc(N(C)C)n3)c2n1. The van der Waals surface area contributed by atoms with Crippen LogP contribution in [-0.4, -0.2) is 34.0 Å². The van der Waals surface area contributed by atoms with Crippen molar-refractivity contribution >= 4 is 46.0 Å². The summed E-state index contributed by atoms with van der Waals surface area (Å²) in [6.07, 6.45) is 0. The molecule has 1 aromatic carbocycles. The zero-order chi connectivity index (χ0) is 18.1. The van der Waals surface area contributed by atoms with Crippen LogP contribution in [0.3, 0.4) is 0 Å². The Morgan fingerprint density at radius 1 is 1.08 bits per heavy atom. The van der Waals surface area contributed by atoms with E-state index in [4.69, 9.17) is 33.7 Å². The number of hydrogen-bond acceptors (Lipinski definition) is 7. The molecule has 0 aliphatic rings. The number of rotatable bonds is 4. The van der Waals surface area contributed by atoms with E-state index in [1.165, 1.54) is 0 Å². The molecule has 2 heterocycles. The number of aryl methyl sites for hydroxylation is 1. The van der Waals surface area contributed by atoms with E-state index in [2.05, 4.69) is 19.9 Å². The molecule has 9 heteroatoms. The molecule has 0 atom stereocenters. The smallest absolute Gasteiger partial charge is 0.230 e. The third kappa shape index (κ3) is 3.67. The van der Waals surface area contributed by atoms with Crippen LogP contribution in [0.2, 0.25) is 10.0 Å². The Balaban J connectivity index is 1.98. The minimum atomic E-state index is 0.0691. The van der Waals surface area contributed by atoms with Gasteiger partial charge in [-0.3, -0.25) is 0 Å². The van der Waals surface area contributed by atoms with Crippen molar-refractivity contribution in [2.45, 2.75) is 13.5 Å². The molecule has 0 aliphatic heterocycles. The fourth-order valence-corrected chi connectivity index (χ4v) is 2.82. The maximum atomic E-state index is 6.30.